The van der Waals surface area contributed by atoms with E-state index >= 15 is 0 Å². The summed E-state index contributed by atoms with van der Waals surface area (Å²) in [7, 11) is 0. The first-order chi connectivity index (χ1) is 10.5. The molecule has 0 bridgehead atoms. The molecule has 2 N–H and O–H groups in total. The lowest BCUT2D eigenvalue weighted by molar-refractivity contribution is -0.120. The Hall–Kier alpha value is -1.55. The molecular weight excluding hydrogens is 319 g/mol. The number of amides is 1. The Bertz CT molecular complexity index is 629. The van der Waals surface area contributed by atoms with E-state index in [0.29, 0.717) is 16.6 Å². The Kier molecular flexibility index (Phi) is 6.25. The van der Waals surface area contributed by atoms with E-state index in [9.17, 15) is 4.79 Å². The fourth-order valence-corrected chi connectivity index (χ4v) is 2.33. The van der Waals surface area contributed by atoms with Crippen molar-refractivity contribution < 1.29 is 4.79 Å². The number of rotatable bonds is 6. The average molecular weight is 337 g/mol. The van der Waals surface area contributed by atoms with Gasteiger partial charge in [-0.25, -0.2) is 0 Å². The summed E-state index contributed by atoms with van der Waals surface area (Å²) in [5, 5.41) is 7.43. The lowest BCUT2D eigenvalue weighted by Gasteiger charge is -2.14. The van der Waals surface area contributed by atoms with Gasteiger partial charge in [0, 0.05) is 22.6 Å². The molecule has 2 aromatic carbocycles. The first kappa shape index (κ1) is 16.8. The van der Waals surface area contributed by atoms with Crippen molar-refractivity contribution in [2.75, 3.05) is 6.54 Å². The lowest BCUT2D eigenvalue weighted by atomic mass is 10.1. The molecule has 0 fully saturated rings. The van der Waals surface area contributed by atoms with Crippen molar-refractivity contribution in [3.05, 3.63) is 69.7 Å². The number of benzene rings is 2. The van der Waals surface area contributed by atoms with Crippen LogP contribution < -0.4 is 10.6 Å². The fourth-order valence-electron chi connectivity index (χ4n) is 2.00. The predicted molar refractivity (Wildman–Crippen MR) is 91.2 cm³/mol. The zero-order valence-corrected chi connectivity index (χ0v) is 13.8. The average Bonchev–Trinajstić information content (AvgIpc) is 2.52. The van der Waals surface area contributed by atoms with Crippen LogP contribution in [0.5, 0.6) is 0 Å². The number of carbonyl (C=O) groups is 1. The van der Waals surface area contributed by atoms with Crippen molar-refractivity contribution in [2.24, 2.45) is 0 Å². The van der Waals surface area contributed by atoms with Crippen LogP contribution >= 0.6 is 23.2 Å². The maximum Gasteiger partial charge on any atom is 0.234 e. The smallest absolute Gasteiger partial charge is 0.234 e. The van der Waals surface area contributed by atoms with Gasteiger partial charge >= 0.3 is 0 Å². The second kappa shape index (κ2) is 8.18. The summed E-state index contributed by atoms with van der Waals surface area (Å²) in [6.45, 7) is 2.74. The first-order valence-corrected chi connectivity index (χ1v) is 7.80. The monoisotopic (exact) mass is 336 g/mol. The van der Waals surface area contributed by atoms with E-state index < -0.39 is 0 Å². The zero-order chi connectivity index (χ0) is 15.9. The molecule has 0 spiro atoms. The highest BCUT2D eigenvalue weighted by Gasteiger charge is 2.08. The number of hydrogen-bond donors (Lipinski definition) is 2. The standard InChI is InChI=1S/C17H18Cl2N2O/c1-12(14-3-2-4-16(19)9-14)20-11-17(22)21-10-13-5-7-15(18)8-6-13/h2-9,12,20H,10-11H2,1H3,(H,21,22)/t12-/m1/s1. The van der Waals surface area contributed by atoms with Crippen molar-refractivity contribution >= 4 is 29.1 Å². The molecule has 0 aromatic heterocycles. The van der Waals surface area contributed by atoms with Crippen molar-refractivity contribution in [1.82, 2.24) is 10.6 Å². The van der Waals surface area contributed by atoms with Crippen molar-refractivity contribution in [1.29, 1.82) is 0 Å². The Morgan fingerprint density at radius 3 is 2.50 bits per heavy atom. The Labute approximate surface area is 140 Å². The second-order valence-electron chi connectivity index (χ2n) is 5.06. The Balaban J connectivity index is 1.76. The minimum absolute atomic E-state index is 0.0520. The van der Waals surface area contributed by atoms with Crippen LogP contribution in [0.15, 0.2) is 48.5 Å². The Morgan fingerprint density at radius 2 is 1.82 bits per heavy atom. The van der Waals surface area contributed by atoms with E-state index in [1.54, 1.807) is 0 Å². The summed E-state index contributed by atoms with van der Waals surface area (Å²) >= 11 is 11.8. The number of nitrogens with one attached hydrogen (secondary N) is 2. The normalized spacial score (nSPS) is 12.0. The maximum atomic E-state index is 11.9. The topological polar surface area (TPSA) is 41.1 Å². The number of carbonyl (C=O) groups excluding carboxylic acids is 1. The van der Waals surface area contributed by atoms with Crippen LogP contribution in [-0.2, 0) is 11.3 Å². The zero-order valence-electron chi connectivity index (χ0n) is 12.3. The molecule has 0 aliphatic rings. The molecule has 0 radical (unpaired) electrons. The minimum atomic E-state index is -0.0520. The molecule has 0 aliphatic heterocycles. The largest absolute Gasteiger partial charge is 0.351 e. The molecule has 1 amide bonds. The molecule has 0 aliphatic carbocycles. The highest BCUT2D eigenvalue weighted by atomic mass is 35.5. The van der Waals surface area contributed by atoms with Gasteiger partial charge in [-0.2, -0.15) is 0 Å². The molecule has 0 saturated heterocycles. The van der Waals surface area contributed by atoms with E-state index in [0.717, 1.165) is 11.1 Å². The molecule has 2 rings (SSSR count). The third kappa shape index (κ3) is 5.34. The van der Waals surface area contributed by atoms with Gasteiger partial charge in [-0.3, -0.25) is 4.79 Å². The van der Waals surface area contributed by atoms with Gasteiger partial charge in [-0.1, -0.05) is 47.5 Å². The number of hydrogen-bond acceptors (Lipinski definition) is 2. The van der Waals surface area contributed by atoms with E-state index in [-0.39, 0.29) is 18.5 Å². The molecule has 2 aromatic rings. The molecular formula is C17H18Cl2N2O. The molecule has 3 nitrogen and oxygen atoms in total. The van der Waals surface area contributed by atoms with Crippen LogP contribution in [0.4, 0.5) is 0 Å². The molecule has 0 heterocycles. The van der Waals surface area contributed by atoms with E-state index in [4.69, 9.17) is 23.2 Å². The van der Waals surface area contributed by atoms with Crippen molar-refractivity contribution in [3.8, 4) is 0 Å². The molecule has 116 valence electrons. The number of halogens is 2. The van der Waals surface area contributed by atoms with Crippen LogP contribution in [-0.4, -0.2) is 12.5 Å². The van der Waals surface area contributed by atoms with Crippen LogP contribution in [0.25, 0.3) is 0 Å². The maximum absolute atomic E-state index is 11.9. The summed E-state index contributed by atoms with van der Waals surface area (Å²) in [6.07, 6.45) is 0. The highest BCUT2D eigenvalue weighted by molar-refractivity contribution is 6.30. The third-order valence-electron chi connectivity index (χ3n) is 3.32. The van der Waals surface area contributed by atoms with Gasteiger partial charge < -0.3 is 10.6 Å². The second-order valence-corrected chi connectivity index (χ2v) is 5.93. The molecule has 5 heteroatoms. The molecule has 0 unspecified atom stereocenters. The van der Waals surface area contributed by atoms with E-state index in [2.05, 4.69) is 10.6 Å². The van der Waals surface area contributed by atoms with Crippen LogP contribution in [0.1, 0.15) is 24.1 Å². The van der Waals surface area contributed by atoms with Crippen LogP contribution in [0.3, 0.4) is 0 Å². The summed E-state index contributed by atoms with van der Waals surface area (Å²) in [5.41, 5.74) is 2.07. The SMILES string of the molecule is C[C@@H](NCC(=O)NCc1ccc(Cl)cc1)c1cccc(Cl)c1. The summed E-state index contributed by atoms with van der Waals surface area (Å²) < 4.78 is 0. The van der Waals surface area contributed by atoms with Gasteiger partial charge in [0.15, 0.2) is 0 Å². The van der Waals surface area contributed by atoms with Crippen molar-refractivity contribution in [2.45, 2.75) is 19.5 Å². The van der Waals surface area contributed by atoms with E-state index in [1.807, 2.05) is 55.5 Å². The van der Waals surface area contributed by atoms with Gasteiger partial charge in [-0.05, 0) is 42.3 Å². The lowest BCUT2D eigenvalue weighted by Crippen LogP contribution is -2.34. The summed E-state index contributed by atoms with van der Waals surface area (Å²) in [4.78, 5) is 11.9. The van der Waals surface area contributed by atoms with Gasteiger partial charge in [0.25, 0.3) is 0 Å². The molecule has 0 saturated carbocycles. The van der Waals surface area contributed by atoms with Gasteiger partial charge in [0.2, 0.25) is 5.91 Å². The molecule has 1 atom stereocenters. The first-order valence-electron chi connectivity index (χ1n) is 7.04. The van der Waals surface area contributed by atoms with E-state index in [1.165, 1.54) is 0 Å². The van der Waals surface area contributed by atoms with Gasteiger partial charge in [0.1, 0.15) is 0 Å². The summed E-state index contributed by atoms with van der Waals surface area (Å²) in [5.74, 6) is -0.0520. The highest BCUT2D eigenvalue weighted by Crippen LogP contribution is 2.17. The Morgan fingerprint density at radius 1 is 1.09 bits per heavy atom. The van der Waals surface area contributed by atoms with Gasteiger partial charge in [-0.15, -0.1) is 0 Å². The minimum Gasteiger partial charge on any atom is -0.351 e. The summed E-state index contributed by atoms with van der Waals surface area (Å²) in [6, 6.07) is 15.1. The van der Waals surface area contributed by atoms with Crippen molar-refractivity contribution in [3.63, 3.8) is 0 Å². The van der Waals surface area contributed by atoms with Crippen LogP contribution in [0.2, 0.25) is 10.0 Å². The predicted octanol–water partition coefficient (Wildman–Crippen LogP) is 3.96. The van der Waals surface area contributed by atoms with Crippen LogP contribution in [0, 0.1) is 0 Å². The fraction of sp³-hybridized carbons (Fsp3) is 0.235. The quantitative estimate of drug-likeness (QED) is 0.838. The third-order valence-corrected chi connectivity index (χ3v) is 3.81. The molecule has 22 heavy (non-hydrogen) atoms. The van der Waals surface area contributed by atoms with Gasteiger partial charge in [0.05, 0.1) is 6.54 Å².